The molecular weight excluding hydrogens is 234 g/mol. The molecule has 0 saturated carbocycles. The standard InChI is InChI=1S/C13H15NO2S/c1-3-10-4-5-11(16-10)13(15)14-8-12-9(2)6-7-17-12/h4-7H,3,8H2,1-2H3,(H,14,15). The monoisotopic (exact) mass is 249 g/mol. The van der Waals surface area contributed by atoms with Crippen LogP contribution in [-0.2, 0) is 13.0 Å². The van der Waals surface area contributed by atoms with Gasteiger partial charge in [-0.3, -0.25) is 4.79 Å². The zero-order valence-corrected chi connectivity index (χ0v) is 10.8. The van der Waals surface area contributed by atoms with Crippen LogP contribution >= 0.6 is 11.3 Å². The van der Waals surface area contributed by atoms with Gasteiger partial charge in [0.15, 0.2) is 5.76 Å². The summed E-state index contributed by atoms with van der Waals surface area (Å²) >= 11 is 1.65. The Hall–Kier alpha value is -1.55. The molecule has 1 amide bonds. The molecule has 0 radical (unpaired) electrons. The van der Waals surface area contributed by atoms with Gasteiger partial charge in [-0.25, -0.2) is 0 Å². The minimum Gasteiger partial charge on any atom is -0.456 e. The van der Waals surface area contributed by atoms with Crippen molar-refractivity contribution in [1.82, 2.24) is 5.32 Å². The Balaban J connectivity index is 1.95. The van der Waals surface area contributed by atoms with E-state index in [1.807, 2.05) is 31.4 Å². The molecule has 17 heavy (non-hydrogen) atoms. The third-order valence-electron chi connectivity index (χ3n) is 2.61. The summed E-state index contributed by atoms with van der Waals surface area (Å²) in [4.78, 5) is 13.0. The van der Waals surface area contributed by atoms with E-state index in [4.69, 9.17) is 4.42 Å². The van der Waals surface area contributed by atoms with Crippen molar-refractivity contribution in [3.63, 3.8) is 0 Å². The predicted octanol–water partition coefficient (Wildman–Crippen LogP) is 3.14. The molecule has 2 aromatic rings. The van der Waals surface area contributed by atoms with Crippen LogP contribution in [-0.4, -0.2) is 5.91 Å². The Labute approximate surface area is 104 Å². The van der Waals surface area contributed by atoms with Crippen LogP contribution in [0.1, 0.15) is 33.7 Å². The largest absolute Gasteiger partial charge is 0.456 e. The number of thiophene rings is 1. The molecule has 1 N–H and O–H groups in total. The first-order chi connectivity index (χ1) is 8.20. The summed E-state index contributed by atoms with van der Waals surface area (Å²) in [6.07, 6.45) is 0.803. The van der Waals surface area contributed by atoms with E-state index in [9.17, 15) is 4.79 Å². The molecule has 0 atom stereocenters. The number of rotatable bonds is 4. The minimum atomic E-state index is -0.155. The number of nitrogens with one attached hydrogen (secondary N) is 1. The molecule has 2 heterocycles. The van der Waals surface area contributed by atoms with Crippen LogP contribution in [0.15, 0.2) is 28.0 Å². The van der Waals surface area contributed by atoms with E-state index in [0.717, 1.165) is 12.2 Å². The summed E-state index contributed by atoms with van der Waals surface area (Å²) in [5.74, 6) is 1.07. The van der Waals surface area contributed by atoms with Gasteiger partial charge >= 0.3 is 0 Å². The van der Waals surface area contributed by atoms with Crippen molar-refractivity contribution >= 4 is 17.2 Å². The molecule has 4 heteroatoms. The van der Waals surface area contributed by atoms with Gasteiger partial charge in [-0.05, 0) is 36.1 Å². The number of carbonyl (C=O) groups excluding carboxylic acids is 1. The average Bonchev–Trinajstić information content (AvgIpc) is 2.94. The fourth-order valence-corrected chi connectivity index (χ4v) is 2.37. The Morgan fingerprint density at radius 3 is 2.82 bits per heavy atom. The smallest absolute Gasteiger partial charge is 0.287 e. The first-order valence-electron chi connectivity index (χ1n) is 5.60. The van der Waals surface area contributed by atoms with Crippen molar-refractivity contribution in [1.29, 1.82) is 0 Å². The Morgan fingerprint density at radius 1 is 1.41 bits per heavy atom. The molecule has 90 valence electrons. The third kappa shape index (κ3) is 2.77. The van der Waals surface area contributed by atoms with Gasteiger partial charge in [-0.1, -0.05) is 6.92 Å². The van der Waals surface area contributed by atoms with Crippen molar-refractivity contribution in [3.05, 3.63) is 45.5 Å². The first kappa shape index (κ1) is 11.9. The number of amides is 1. The highest BCUT2D eigenvalue weighted by atomic mass is 32.1. The van der Waals surface area contributed by atoms with Gasteiger partial charge in [0.1, 0.15) is 5.76 Å². The molecule has 0 unspecified atom stereocenters. The third-order valence-corrected chi connectivity index (χ3v) is 3.63. The normalized spacial score (nSPS) is 10.5. The Morgan fingerprint density at radius 2 is 2.24 bits per heavy atom. The number of hydrogen-bond donors (Lipinski definition) is 1. The quantitative estimate of drug-likeness (QED) is 0.904. The number of aryl methyl sites for hydroxylation is 2. The van der Waals surface area contributed by atoms with Gasteiger partial charge in [-0.15, -0.1) is 11.3 Å². The fraction of sp³-hybridized carbons (Fsp3) is 0.308. The second-order valence-electron chi connectivity index (χ2n) is 3.83. The van der Waals surface area contributed by atoms with E-state index < -0.39 is 0 Å². The van der Waals surface area contributed by atoms with Gasteiger partial charge in [0.05, 0.1) is 6.54 Å². The highest BCUT2D eigenvalue weighted by Gasteiger charge is 2.10. The lowest BCUT2D eigenvalue weighted by Gasteiger charge is -2.02. The molecule has 0 aliphatic heterocycles. The van der Waals surface area contributed by atoms with Crippen LogP contribution in [0.4, 0.5) is 0 Å². The van der Waals surface area contributed by atoms with E-state index in [-0.39, 0.29) is 5.91 Å². The lowest BCUT2D eigenvalue weighted by molar-refractivity contribution is 0.0922. The summed E-state index contributed by atoms with van der Waals surface area (Å²) < 4.78 is 5.39. The summed E-state index contributed by atoms with van der Waals surface area (Å²) in [5, 5.41) is 4.88. The molecular formula is C13H15NO2S. The maximum atomic E-state index is 11.8. The van der Waals surface area contributed by atoms with Crippen LogP contribution < -0.4 is 5.32 Å². The molecule has 2 aromatic heterocycles. The Bertz CT molecular complexity index is 513. The van der Waals surface area contributed by atoms with Gasteiger partial charge < -0.3 is 9.73 Å². The van der Waals surface area contributed by atoms with Crippen molar-refractivity contribution in [2.75, 3.05) is 0 Å². The average molecular weight is 249 g/mol. The van der Waals surface area contributed by atoms with E-state index in [0.29, 0.717) is 12.3 Å². The van der Waals surface area contributed by atoms with Crippen LogP contribution in [0.2, 0.25) is 0 Å². The maximum absolute atomic E-state index is 11.8. The fourth-order valence-electron chi connectivity index (χ4n) is 1.52. The van der Waals surface area contributed by atoms with E-state index in [1.54, 1.807) is 17.4 Å². The highest BCUT2D eigenvalue weighted by molar-refractivity contribution is 7.10. The topological polar surface area (TPSA) is 42.2 Å². The second-order valence-corrected chi connectivity index (χ2v) is 4.83. The maximum Gasteiger partial charge on any atom is 0.287 e. The first-order valence-corrected chi connectivity index (χ1v) is 6.48. The predicted molar refractivity (Wildman–Crippen MR) is 68.3 cm³/mol. The number of carbonyl (C=O) groups is 1. The highest BCUT2D eigenvalue weighted by Crippen LogP contribution is 2.15. The summed E-state index contributed by atoms with van der Waals surface area (Å²) in [5.41, 5.74) is 1.21. The molecule has 0 saturated heterocycles. The van der Waals surface area contributed by atoms with E-state index in [1.165, 1.54) is 10.4 Å². The second kappa shape index (κ2) is 5.19. The van der Waals surface area contributed by atoms with E-state index in [2.05, 4.69) is 5.32 Å². The van der Waals surface area contributed by atoms with Gasteiger partial charge in [-0.2, -0.15) is 0 Å². The molecule has 0 aromatic carbocycles. The zero-order chi connectivity index (χ0) is 12.3. The summed E-state index contributed by atoms with van der Waals surface area (Å²) in [7, 11) is 0. The minimum absolute atomic E-state index is 0.155. The molecule has 3 nitrogen and oxygen atoms in total. The van der Waals surface area contributed by atoms with Crippen molar-refractivity contribution in [3.8, 4) is 0 Å². The van der Waals surface area contributed by atoms with Crippen molar-refractivity contribution < 1.29 is 9.21 Å². The number of furan rings is 1. The molecule has 0 aliphatic rings. The van der Waals surface area contributed by atoms with Crippen LogP contribution in [0, 0.1) is 6.92 Å². The van der Waals surface area contributed by atoms with Gasteiger partial charge in [0.25, 0.3) is 5.91 Å². The molecule has 0 spiro atoms. The van der Waals surface area contributed by atoms with Crippen molar-refractivity contribution in [2.24, 2.45) is 0 Å². The lowest BCUT2D eigenvalue weighted by Crippen LogP contribution is -2.22. The molecule has 0 aliphatic carbocycles. The summed E-state index contributed by atoms with van der Waals surface area (Å²) in [6, 6.07) is 5.61. The Kier molecular flexibility index (Phi) is 3.64. The van der Waals surface area contributed by atoms with E-state index >= 15 is 0 Å². The SMILES string of the molecule is CCc1ccc(C(=O)NCc2sccc2C)o1. The molecule has 0 bridgehead atoms. The lowest BCUT2D eigenvalue weighted by atomic mass is 10.3. The molecule has 2 rings (SSSR count). The van der Waals surface area contributed by atoms with Crippen LogP contribution in [0.3, 0.4) is 0 Å². The van der Waals surface area contributed by atoms with Crippen LogP contribution in [0.25, 0.3) is 0 Å². The van der Waals surface area contributed by atoms with Gasteiger partial charge in [0.2, 0.25) is 0 Å². The number of hydrogen-bond acceptors (Lipinski definition) is 3. The summed E-state index contributed by atoms with van der Waals surface area (Å²) in [6.45, 7) is 4.60. The van der Waals surface area contributed by atoms with Crippen molar-refractivity contribution in [2.45, 2.75) is 26.8 Å². The van der Waals surface area contributed by atoms with Gasteiger partial charge in [0, 0.05) is 11.3 Å². The zero-order valence-electron chi connectivity index (χ0n) is 9.95. The molecule has 0 fully saturated rings. The van der Waals surface area contributed by atoms with Crippen LogP contribution in [0.5, 0.6) is 0 Å².